The van der Waals surface area contributed by atoms with Crippen LogP contribution in [0.5, 0.6) is 0 Å². The number of nitrogen functional groups attached to an aromatic ring is 1. The van der Waals surface area contributed by atoms with Crippen molar-refractivity contribution in [2.45, 2.75) is 20.0 Å². The van der Waals surface area contributed by atoms with Gasteiger partial charge < -0.3 is 21.0 Å². The largest absolute Gasteiger partial charge is 0.382 e. The summed E-state index contributed by atoms with van der Waals surface area (Å²) < 4.78 is 1.99. The predicted octanol–water partition coefficient (Wildman–Crippen LogP) is 3.37. The molecule has 0 aliphatic rings. The number of rotatable bonds is 4. The Morgan fingerprint density at radius 1 is 1.03 bits per heavy atom. The maximum atomic E-state index is 5.94. The Morgan fingerprint density at radius 2 is 1.93 bits per heavy atom. The van der Waals surface area contributed by atoms with Crippen LogP contribution in [0.3, 0.4) is 0 Å². The van der Waals surface area contributed by atoms with Gasteiger partial charge in [0.2, 0.25) is 0 Å². The van der Waals surface area contributed by atoms with Gasteiger partial charge in [0.05, 0.1) is 18.4 Å². The first kappa shape index (κ1) is 17.4. The van der Waals surface area contributed by atoms with Crippen LogP contribution in [0.1, 0.15) is 16.8 Å². The Morgan fingerprint density at radius 3 is 2.76 bits per heavy atom. The molecule has 0 aliphatic heterocycles. The fourth-order valence-electron chi connectivity index (χ4n) is 3.80. The first-order valence-corrected chi connectivity index (χ1v) is 9.45. The molecule has 0 radical (unpaired) electrons. The lowest BCUT2D eigenvalue weighted by molar-refractivity contribution is 0.817. The number of benzene rings is 2. The molecule has 0 atom stereocenters. The van der Waals surface area contributed by atoms with Crippen molar-refractivity contribution in [3.05, 3.63) is 71.9 Å². The van der Waals surface area contributed by atoms with Crippen LogP contribution in [-0.4, -0.2) is 24.5 Å². The van der Waals surface area contributed by atoms with Gasteiger partial charge in [-0.25, -0.2) is 15.0 Å². The summed E-state index contributed by atoms with van der Waals surface area (Å²) >= 11 is 0. The summed E-state index contributed by atoms with van der Waals surface area (Å²) in [5, 5.41) is 1.14. The van der Waals surface area contributed by atoms with E-state index in [-0.39, 0.29) is 0 Å². The number of aromatic nitrogens is 5. The number of nitrogens with zero attached hydrogens (tertiary/aromatic N) is 4. The molecule has 0 bridgehead atoms. The molecule has 0 unspecified atom stereocenters. The third-order valence-electron chi connectivity index (χ3n) is 5.21. The van der Waals surface area contributed by atoms with E-state index < -0.39 is 0 Å². The lowest BCUT2D eigenvalue weighted by Crippen LogP contribution is -2.02. The number of fused-ring (bicyclic) bond motifs is 2. The van der Waals surface area contributed by atoms with Crippen LogP contribution in [0.2, 0.25) is 0 Å². The van der Waals surface area contributed by atoms with Crippen LogP contribution in [0.15, 0.2) is 55.1 Å². The minimum absolute atomic E-state index is 0.387. The second-order valence-corrected chi connectivity index (χ2v) is 7.27. The number of nitrogens with two attached hydrogens (primary N) is 2. The maximum Gasteiger partial charge on any atom is 0.165 e. The Kier molecular flexibility index (Phi) is 4.03. The molecule has 5 aromatic rings. The summed E-state index contributed by atoms with van der Waals surface area (Å²) in [6, 6.07) is 15.1. The molecule has 7 nitrogen and oxygen atoms in total. The van der Waals surface area contributed by atoms with Gasteiger partial charge in [0.1, 0.15) is 11.8 Å². The van der Waals surface area contributed by atoms with Crippen LogP contribution in [0.25, 0.3) is 33.2 Å². The van der Waals surface area contributed by atoms with Crippen LogP contribution in [0.4, 0.5) is 5.82 Å². The minimum Gasteiger partial charge on any atom is -0.382 e. The molecule has 5 N–H and O–H groups in total. The number of hydrogen-bond acceptors (Lipinski definition) is 5. The van der Waals surface area contributed by atoms with E-state index in [0.29, 0.717) is 24.4 Å². The molecule has 0 spiro atoms. The number of anilines is 1. The molecular weight excluding hydrogens is 362 g/mol. The van der Waals surface area contributed by atoms with Crippen LogP contribution in [-0.2, 0) is 13.1 Å². The molecule has 3 heterocycles. The van der Waals surface area contributed by atoms with Crippen LogP contribution >= 0.6 is 0 Å². The molecule has 5 rings (SSSR count). The van der Waals surface area contributed by atoms with Gasteiger partial charge in [-0.2, -0.15) is 0 Å². The predicted molar refractivity (Wildman–Crippen MR) is 115 cm³/mol. The number of H-pyrrole nitrogens is 1. The summed E-state index contributed by atoms with van der Waals surface area (Å²) in [4.78, 5) is 16.2. The van der Waals surface area contributed by atoms with Gasteiger partial charge in [-0.1, -0.05) is 29.8 Å². The first-order chi connectivity index (χ1) is 14.1. The second-order valence-electron chi connectivity index (χ2n) is 7.27. The molecule has 0 saturated heterocycles. The fraction of sp³-hybridized carbons (Fsp3) is 0.136. The summed E-state index contributed by atoms with van der Waals surface area (Å²) in [5.74, 6) is 0.387. The van der Waals surface area contributed by atoms with Crippen LogP contribution in [0, 0.1) is 6.92 Å². The van der Waals surface area contributed by atoms with E-state index in [9.17, 15) is 0 Å². The molecule has 0 aliphatic carbocycles. The van der Waals surface area contributed by atoms with Gasteiger partial charge in [0.25, 0.3) is 0 Å². The highest BCUT2D eigenvalue weighted by Crippen LogP contribution is 2.30. The maximum absolute atomic E-state index is 5.94. The SMILES string of the molecule is Cc1cccc(-c2cc(Cn3cnc4c(N)ncnc43)c3[nH]c(CN)cc3c2)c1. The smallest absolute Gasteiger partial charge is 0.165 e. The van der Waals surface area contributed by atoms with Gasteiger partial charge in [-0.3, -0.25) is 0 Å². The molecule has 0 saturated carbocycles. The number of aromatic amines is 1. The van der Waals surface area contributed by atoms with Crippen molar-refractivity contribution in [3.63, 3.8) is 0 Å². The van der Waals surface area contributed by atoms with Gasteiger partial charge in [-0.15, -0.1) is 0 Å². The average molecular weight is 383 g/mol. The Labute approximate surface area is 167 Å². The topological polar surface area (TPSA) is 111 Å². The molecule has 2 aromatic carbocycles. The summed E-state index contributed by atoms with van der Waals surface area (Å²) in [5.41, 5.74) is 20.0. The van der Waals surface area contributed by atoms with E-state index in [2.05, 4.69) is 69.3 Å². The van der Waals surface area contributed by atoms with E-state index in [4.69, 9.17) is 11.5 Å². The first-order valence-electron chi connectivity index (χ1n) is 9.45. The Hall–Kier alpha value is -3.71. The normalized spacial score (nSPS) is 11.5. The molecule has 7 heteroatoms. The molecule has 0 fully saturated rings. The molecule has 144 valence electrons. The fourth-order valence-corrected chi connectivity index (χ4v) is 3.80. The highest BCUT2D eigenvalue weighted by Gasteiger charge is 2.13. The van der Waals surface area contributed by atoms with E-state index in [1.165, 1.54) is 17.5 Å². The van der Waals surface area contributed by atoms with Crippen molar-refractivity contribution in [1.82, 2.24) is 24.5 Å². The van der Waals surface area contributed by atoms with Crippen molar-refractivity contribution in [1.29, 1.82) is 0 Å². The third kappa shape index (κ3) is 3.01. The van der Waals surface area contributed by atoms with Crippen molar-refractivity contribution in [3.8, 4) is 11.1 Å². The zero-order chi connectivity index (χ0) is 20.0. The van der Waals surface area contributed by atoms with Crippen LogP contribution < -0.4 is 11.5 Å². The summed E-state index contributed by atoms with van der Waals surface area (Å²) in [6.45, 7) is 3.17. The zero-order valence-corrected chi connectivity index (χ0v) is 16.1. The zero-order valence-electron chi connectivity index (χ0n) is 16.1. The quantitative estimate of drug-likeness (QED) is 0.440. The number of aryl methyl sites for hydroxylation is 1. The highest BCUT2D eigenvalue weighted by atomic mass is 15.1. The van der Waals surface area contributed by atoms with Gasteiger partial charge in [-0.05, 0) is 41.8 Å². The summed E-state index contributed by atoms with van der Waals surface area (Å²) in [7, 11) is 0. The molecule has 3 aromatic heterocycles. The second kappa shape index (κ2) is 6.72. The number of imidazole rings is 1. The lowest BCUT2D eigenvalue weighted by Gasteiger charge is -2.10. The molecule has 0 amide bonds. The van der Waals surface area contributed by atoms with Crippen molar-refractivity contribution >= 4 is 27.9 Å². The van der Waals surface area contributed by atoms with E-state index >= 15 is 0 Å². The average Bonchev–Trinajstić information content (AvgIpc) is 3.33. The monoisotopic (exact) mass is 383 g/mol. The Bertz CT molecular complexity index is 1350. The van der Waals surface area contributed by atoms with E-state index in [1.54, 1.807) is 6.33 Å². The van der Waals surface area contributed by atoms with Gasteiger partial charge in [0.15, 0.2) is 11.5 Å². The van der Waals surface area contributed by atoms with Gasteiger partial charge in [0, 0.05) is 17.6 Å². The molecule has 29 heavy (non-hydrogen) atoms. The van der Waals surface area contributed by atoms with Crippen molar-refractivity contribution in [2.24, 2.45) is 5.73 Å². The van der Waals surface area contributed by atoms with E-state index in [1.807, 2.05) is 4.57 Å². The third-order valence-corrected chi connectivity index (χ3v) is 5.21. The lowest BCUT2D eigenvalue weighted by atomic mass is 9.99. The number of nitrogens with one attached hydrogen (secondary N) is 1. The van der Waals surface area contributed by atoms with Crippen molar-refractivity contribution in [2.75, 3.05) is 5.73 Å². The number of hydrogen-bond donors (Lipinski definition) is 3. The summed E-state index contributed by atoms with van der Waals surface area (Å²) in [6.07, 6.45) is 3.23. The standard InChI is InChI=1S/C22H21N7/c1-13-3-2-4-14(5-13)15-6-16-8-18(9-23)28-19(16)17(7-15)10-29-12-27-20-21(24)25-11-26-22(20)29/h2-8,11-12,28H,9-10,23H2,1H3,(H2,24,25,26). The molecular formula is C22H21N7. The van der Waals surface area contributed by atoms with Crippen molar-refractivity contribution < 1.29 is 0 Å². The van der Waals surface area contributed by atoms with E-state index in [0.717, 1.165) is 33.4 Å². The minimum atomic E-state index is 0.387. The van der Waals surface area contributed by atoms with Gasteiger partial charge >= 0.3 is 0 Å². The Balaban J connectivity index is 1.68. The highest BCUT2D eigenvalue weighted by molar-refractivity contribution is 5.89.